The van der Waals surface area contributed by atoms with E-state index in [0.717, 1.165) is 17.7 Å². The van der Waals surface area contributed by atoms with E-state index in [1.807, 2.05) is 24.3 Å². The topological polar surface area (TPSA) is 87.7 Å². The van der Waals surface area contributed by atoms with Crippen molar-refractivity contribution >= 4 is 18.1 Å². The molecular weight excluding hydrogens is 346 g/mol. The number of methoxy groups -OCH3 is 1. The van der Waals surface area contributed by atoms with Gasteiger partial charge in [0.25, 0.3) is 5.91 Å². The first-order valence-corrected chi connectivity index (χ1v) is 8.89. The minimum atomic E-state index is -0.247. The first-order valence-electron chi connectivity index (χ1n) is 8.89. The molecule has 0 radical (unpaired) electrons. The fraction of sp³-hybridized carbons (Fsp3) is 0.368. The SMILES string of the molecule is COc1cccc(CCNC(=O)c2ccc(N3CCN(C=O)CC3)nn2)c1. The van der Waals surface area contributed by atoms with Crippen LogP contribution in [0.1, 0.15) is 16.1 Å². The number of hydrogen-bond donors (Lipinski definition) is 1. The highest BCUT2D eigenvalue weighted by Crippen LogP contribution is 2.13. The van der Waals surface area contributed by atoms with Gasteiger partial charge in [-0.15, -0.1) is 10.2 Å². The third kappa shape index (κ3) is 4.93. The molecule has 27 heavy (non-hydrogen) atoms. The summed E-state index contributed by atoms with van der Waals surface area (Å²) in [5.41, 5.74) is 1.38. The van der Waals surface area contributed by atoms with Gasteiger partial charge in [0, 0.05) is 32.7 Å². The molecule has 142 valence electrons. The Morgan fingerprint density at radius 2 is 2.00 bits per heavy atom. The second-order valence-corrected chi connectivity index (χ2v) is 6.26. The van der Waals surface area contributed by atoms with Gasteiger partial charge in [0.1, 0.15) is 5.75 Å². The zero-order chi connectivity index (χ0) is 19.1. The molecule has 1 fully saturated rings. The highest BCUT2D eigenvalue weighted by Gasteiger charge is 2.17. The third-order valence-corrected chi connectivity index (χ3v) is 4.50. The fourth-order valence-electron chi connectivity index (χ4n) is 2.91. The summed E-state index contributed by atoms with van der Waals surface area (Å²) in [6.07, 6.45) is 1.57. The second kappa shape index (κ2) is 8.98. The molecule has 1 N–H and O–H groups in total. The molecule has 0 unspecified atom stereocenters. The molecule has 1 aliphatic rings. The molecular formula is C19H23N5O3. The van der Waals surface area contributed by atoms with Crippen LogP contribution in [0.5, 0.6) is 5.75 Å². The van der Waals surface area contributed by atoms with Gasteiger partial charge >= 0.3 is 0 Å². The Bertz CT molecular complexity index is 773. The molecule has 2 heterocycles. The minimum Gasteiger partial charge on any atom is -0.497 e. The van der Waals surface area contributed by atoms with E-state index >= 15 is 0 Å². The summed E-state index contributed by atoms with van der Waals surface area (Å²) >= 11 is 0. The molecule has 1 aromatic carbocycles. The Hall–Kier alpha value is -3.16. The second-order valence-electron chi connectivity index (χ2n) is 6.26. The van der Waals surface area contributed by atoms with Gasteiger partial charge in [-0.25, -0.2) is 0 Å². The maximum Gasteiger partial charge on any atom is 0.271 e. The number of piperazine rings is 1. The minimum absolute atomic E-state index is 0.247. The van der Waals surface area contributed by atoms with Crippen LogP contribution in [0.25, 0.3) is 0 Å². The lowest BCUT2D eigenvalue weighted by Crippen LogP contribution is -2.46. The monoisotopic (exact) mass is 369 g/mol. The van der Waals surface area contributed by atoms with Crippen LogP contribution < -0.4 is 15.0 Å². The van der Waals surface area contributed by atoms with Gasteiger partial charge in [0.05, 0.1) is 7.11 Å². The van der Waals surface area contributed by atoms with Crippen molar-refractivity contribution in [3.8, 4) is 5.75 Å². The number of nitrogens with zero attached hydrogens (tertiary/aromatic N) is 4. The Morgan fingerprint density at radius 1 is 1.19 bits per heavy atom. The van der Waals surface area contributed by atoms with E-state index in [4.69, 9.17) is 4.74 Å². The summed E-state index contributed by atoms with van der Waals surface area (Å²) in [4.78, 5) is 26.8. The predicted molar refractivity (Wildman–Crippen MR) is 101 cm³/mol. The summed E-state index contributed by atoms with van der Waals surface area (Å²) < 4.78 is 5.20. The number of anilines is 1. The molecule has 1 saturated heterocycles. The Kier molecular flexibility index (Phi) is 6.19. The molecule has 8 nitrogen and oxygen atoms in total. The quantitative estimate of drug-likeness (QED) is 0.724. The Labute approximate surface area is 158 Å². The first-order chi connectivity index (χ1) is 13.2. The van der Waals surface area contributed by atoms with Gasteiger partial charge in [-0.3, -0.25) is 9.59 Å². The van der Waals surface area contributed by atoms with Gasteiger partial charge in [0.15, 0.2) is 11.5 Å². The number of ether oxygens (including phenoxy) is 1. The van der Waals surface area contributed by atoms with Crippen molar-refractivity contribution in [3.63, 3.8) is 0 Å². The average Bonchev–Trinajstić information content (AvgIpc) is 2.74. The molecule has 1 aromatic heterocycles. The van der Waals surface area contributed by atoms with Gasteiger partial charge < -0.3 is 19.9 Å². The van der Waals surface area contributed by atoms with Crippen LogP contribution >= 0.6 is 0 Å². The zero-order valence-electron chi connectivity index (χ0n) is 15.3. The molecule has 2 aromatic rings. The van der Waals surface area contributed by atoms with Gasteiger partial charge in [-0.2, -0.15) is 0 Å². The summed E-state index contributed by atoms with van der Waals surface area (Å²) in [6.45, 7) is 3.25. The smallest absolute Gasteiger partial charge is 0.271 e. The molecule has 3 rings (SSSR count). The van der Waals surface area contributed by atoms with Crippen LogP contribution in [0.2, 0.25) is 0 Å². The van der Waals surface area contributed by atoms with Crippen LogP contribution in [0, 0.1) is 0 Å². The maximum absolute atomic E-state index is 12.2. The largest absolute Gasteiger partial charge is 0.497 e. The molecule has 0 aliphatic carbocycles. The lowest BCUT2D eigenvalue weighted by molar-refractivity contribution is -0.118. The Balaban J connectivity index is 1.49. The number of carbonyl (C=O) groups is 2. The van der Waals surface area contributed by atoms with Crippen molar-refractivity contribution in [1.29, 1.82) is 0 Å². The van der Waals surface area contributed by atoms with E-state index in [0.29, 0.717) is 45.0 Å². The predicted octanol–water partition coefficient (Wildman–Crippen LogP) is 0.736. The first kappa shape index (κ1) is 18.6. The molecule has 8 heteroatoms. The van der Waals surface area contributed by atoms with E-state index in [1.54, 1.807) is 24.1 Å². The van der Waals surface area contributed by atoms with Crippen molar-refractivity contribution in [2.24, 2.45) is 0 Å². The van der Waals surface area contributed by atoms with Gasteiger partial charge in [-0.05, 0) is 36.2 Å². The highest BCUT2D eigenvalue weighted by molar-refractivity contribution is 5.92. The number of amides is 2. The lowest BCUT2D eigenvalue weighted by Gasteiger charge is -2.32. The third-order valence-electron chi connectivity index (χ3n) is 4.50. The standard InChI is InChI=1S/C19H23N5O3/c1-27-16-4-2-3-15(13-16)7-8-20-19(26)17-5-6-18(22-21-17)24-11-9-23(14-25)10-12-24/h2-6,13-14H,7-12H2,1H3,(H,20,26). The summed E-state index contributed by atoms with van der Waals surface area (Å²) in [6, 6.07) is 11.2. The van der Waals surface area contributed by atoms with Crippen LogP contribution in [0.3, 0.4) is 0 Å². The molecule has 0 bridgehead atoms. The van der Waals surface area contributed by atoms with Crippen molar-refractivity contribution < 1.29 is 14.3 Å². The number of nitrogens with one attached hydrogen (secondary N) is 1. The van der Waals surface area contributed by atoms with E-state index in [2.05, 4.69) is 20.4 Å². The summed E-state index contributed by atoms with van der Waals surface area (Å²) in [7, 11) is 1.63. The molecule has 0 spiro atoms. The summed E-state index contributed by atoms with van der Waals surface area (Å²) in [5.74, 6) is 1.27. The maximum atomic E-state index is 12.2. The van der Waals surface area contributed by atoms with Gasteiger partial charge in [-0.1, -0.05) is 12.1 Å². The Morgan fingerprint density at radius 3 is 2.67 bits per heavy atom. The molecule has 0 saturated carbocycles. The van der Waals surface area contributed by atoms with E-state index in [9.17, 15) is 9.59 Å². The van der Waals surface area contributed by atoms with Crippen molar-refractivity contribution in [2.45, 2.75) is 6.42 Å². The van der Waals surface area contributed by atoms with Crippen LogP contribution in [0.15, 0.2) is 36.4 Å². The van der Waals surface area contributed by atoms with Crippen LogP contribution in [0.4, 0.5) is 5.82 Å². The van der Waals surface area contributed by atoms with Crippen LogP contribution in [-0.2, 0) is 11.2 Å². The number of hydrogen-bond acceptors (Lipinski definition) is 6. The molecule has 2 amide bonds. The summed E-state index contributed by atoms with van der Waals surface area (Å²) in [5, 5.41) is 11.1. The normalized spacial score (nSPS) is 14.0. The number of rotatable bonds is 7. The number of aromatic nitrogens is 2. The number of carbonyl (C=O) groups excluding carboxylic acids is 2. The van der Waals surface area contributed by atoms with Crippen molar-refractivity contribution in [1.82, 2.24) is 20.4 Å². The van der Waals surface area contributed by atoms with Gasteiger partial charge in [0.2, 0.25) is 6.41 Å². The van der Waals surface area contributed by atoms with Crippen LogP contribution in [-0.4, -0.2) is 67.2 Å². The zero-order valence-corrected chi connectivity index (χ0v) is 15.3. The van der Waals surface area contributed by atoms with E-state index in [1.165, 1.54) is 0 Å². The van der Waals surface area contributed by atoms with E-state index in [-0.39, 0.29) is 11.6 Å². The molecule has 1 aliphatic heterocycles. The van der Waals surface area contributed by atoms with Crippen molar-refractivity contribution in [3.05, 3.63) is 47.7 Å². The highest BCUT2D eigenvalue weighted by atomic mass is 16.5. The lowest BCUT2D eigenvalue weighted by atomic mass is 10.1. The number of benzene rings is 1. The average molecular weight is 369 g/mol. The molecule has 0 atom stereocenters. The van der Waals surface area contributed by atoms with Crippen molar-refractivity contribution in [2.75, 3.05) is 44.7 Å². The van der Waals surface area contributed by atoms with E-state index < -0.39 is 0 Å². The fourth-order valence-corrected chi connectivity index (χ4v) is 2.91.